The molecule has 0 fully saturated rings. The number of aryl methyl sites for hydroxylation is 4. The molecule has 0 bridgehead atoms. The van der Waals surface area contributed by atoms with Gasteiger partial charge in [-0.15, -0.1) is 0 Å². The molecular formula is C30H30O8. The van der Waals surface area contributed by atoms with Crippen LogP contribution in [0.2, 0.25) is 0 Å². The summed E-state index contributed by atoms with van der Waals surface area (Å²) in [6.07, 6.45) is 2.08. The van der Waals surface area contributed by atoms with Gasteiger partial charge in [-0.25, -0.2) is 0 Å². The molecule has 0 radical (unpaired) electrons. The van der Waals surface area contributed by atoms with Crippen LogP contribution in [0.3, 0.4) is 0 Å². The minimum Gasteiger partial charge on any atom is -0.504 e. The standard InChI is InChI=1S/C30H30O8/c1-37-21-7-9-23(19(15-21)5-3-17-11-25(31)29(35)26(32)12-17)24-10-8-22(38-2)16-20(24)6-4-18-13-27(33)30(36)28(34)14-18/h7-16,31-36H,3-6H2,1-2H3. The number of ether oxygens (including phenoxy) is 2. The number of hydrogen-bond donors (Lipinski definition) is 6. The zero-order valence-electron chi connectivity index (χ0n) is 21.1. The molecule has 4 aromatic rings. The third kappa shape index (κ3) is 5.64. The molecule has 0 heterocycles. The molecule has 0 amide bonds. The van der Waals surface area contributed by atoms with Crippen LogP contribution in [0.25, 0.3) is 11.1 Å². The predicted octanol–water partition coefficient (Wildman–Crippen LogP) is 5.17. The summed E-state index contributed by atoms with van der Waals surface area (Å²) in [5.74, 6) is -1.24. The predicted molar refractivity (Wildman–Crippen MR) is 143 cm³/mol. The molecule has 0 unspecified atom stereocenters. The van der Waals surface area contributed by atoms with Gasteiger partial charge < -0.3 is 40.1 Å². The molecule has 0 spiro atoms. The van der Waals surface area contributed by atoms with Crippen molar-refractivity contribution < 1.29 is 40.1 Å². The summed E-state index contributed by atoms with van der Waals surface area (Å²) >= 11 is 0. The Balaban J connectivity index is 1.69. The smallest absolute Gasteiger partial charge is 0.200 e. The molecule has 0 saturated heterocycles. The van der Waals surface area contributed by atoms with E-state index in [-0.39, 0.29) is 23.0 Å². The first-order chi connectivity index (χ1) is 18.2. The monoisotopic (exact) mass is 518 g/mol. The Morgan fingerprint density at radius 2 is 0.816 bits per heavy atom. The summed E-state index contributed by atoms with van der Waals surface area (Å²) in [7, 11) is 3.19. The van der Waals surface area contributed by atoms with E-state index >= 15 is 0 Å². The van der Waals surface area contributed by atoms with E-state index in [9.17, 15) is 30.6 Å². The molecular weight excluding hydrogens is 488 g/mol. The molecule has 4 rings (SSSR count). The first kappa shape index (κ1) is 26.3. The van der Waals surface area contributed by atoms with E-state index in [2.05, 4.69) is 0 Å². The van der Waals surface area contributed by atoms with E-state index in [1.54, 1.807) is 14.2 Å². The molecule has 0 atom stereocenters. The summed E-state index contributed by atoms with van der Waals surface area (Å²) in [5.41, 5.74) is 5.20. The lowest BCUT2D eigenvalue weighted by atomic mass is 9.89. The fraction of sp³-hybridized carbons (Fsp3) is 0.200. The lowest BCUT2D eigenvalue weighted by molar-refractivity contribution is 0.367. The summed E-state index contributed by atoms with van der Waals surface area (Å²) < 4.78 is 10.9. The Bertz CT molecular complexity index is 1300. The topological polar surface area (TPSA) is 140 Å². The van der Waals surface area contributed by atoms with Crippen molar-refractivity contribution >= 4 is 0 Å². The minimum atomic E-state index is -0.547. The number of aromatic hydroxyl groups is 6. The van der Waals surface area contributed by atoms with Crippen LogP contribution in [-0.2, 0) is 25.7 Å². The van der Waals surface area contributed by atoms with Gasteiger partial charge in [-0.1, -0.05) is 12.1 Å². The maximum atomic E-state index is 9.89. The molecule has 6 N–H and O–H groups in total. The SMILES string of the molecule is COc1ccc(-c2ccc(OC)cc2CCc2cc(O)c(O)c(O)c2)c(CCc2cc(O)c(O)c(O)c2)c1. The van der Waals surface area contributed by atoms with Gasteiger partial charge in [-0.05, 0) is 108 Å². The first-order valence-corrected chi connectivity index (χ1v) is 12.0. The van der Waals surface area contributed by atoms with Crippen molar-refractivity contribution in [3.8, 4) is 57.1 Å². The Hall–Kier alpha value is -4.72. The van der Waals surface area contributed by atoms with E-state index < -0.39 is 11.5 Å². The highest BCUT2D eigenvalue weighted by Crippen LogP contribution is 2.38. The molecule has 0 aliphatic heterocycles. The van der Waals surface area contributed by atoms with Crippen molar-refractivity contribution in [3.63, 3.8) is 0 Å². The van der Waals surface area contributed by atoms with Gasteiger partial charge in [0.1, 0.15) is 11.5 Å². The maximum absolute atomic E-state index is 9.89. The fourth-order valence-electron chi connectivity index (χ4n) is 4.50. The number of rotatable bonds is 9. The number of benzene rings is 4. The second-order valence-corrected chi connectivity index (χ2v) is 9.01. The first-order valence-electron chi connectivity index (χ1n) is 12.0. The van der Waals surface area contributed by atoms with Crippen molar-refractivity contribution in [3.05, 3.63) is 82.9 Å². The van der Waals surface area contributed by atoms with Crippen molar-refractivity contribution in [1.82, 2.24) is 0 Å². The van der Waals surface area contributed by atoms with Crippen LogP contribution in [0, 0.1) is 0 Å². The van der Waals surface area contributed by atoms with E-state index in [1.165, 1.54) is 24.3 Å². The minimum absolute atomic E-state index is 0.380. The summed E-state index contributed by atoms with van der Waals surface area (Å²) in [6, 6.07) is 17.3. The van der Waals surface area contributed by atoms with Crippen molar-refractivity contribution in [2.45, 2.75) is 25.7 Å². The maximum Gasteiger partial charge on any atom is 0.200 e. The lowest BCUT2D eigenvalue weighted by Crippen LogP contribution is -2.00. The van der Waals surface area contributed by atoms with Crippen LogP contribution in [0.15, 0.2) is 60.7 Å². The van der Waals surface area contributed by atoms with Gasteiger partial charge in [0.15, 0.2) is 34.5 Å². The van der Waals surface area contributed by atoms with Gasteiger partial charge in [0, 0.05) is 0 Å². The largest absolute Gasteiger partial charge is 0.504 e. The summed E-state index contributed by atoms with van der Waals surface area (Å²) in [4.78, 5) is 0. The molecule has 198 valence electrons. The Kier molecular flexibility index (Phi) is 7.71. The quantitative estimate of drug-likeness (QED) is 0.167. The van der Waals surface area contributed by atoms with Gasteiger partial charge in [-0.2, -0.15) is 0 Å². The number of phenols is 6. The van der Waals surface area contributed by atoms with Crippen molar-refractivity contribution in [2.24, 2.45) is 0 Å². The number of phenolic OH excluding ortho intramolecular Hbond substituents is 6. The molecule has 0 saturated carbocycles. The Morgan fingerprint density at radius 3 is 1.13 bits per heavy atom. The molecule has 0 aromatic heterocycles. The van der Waals surface area contributed by atoms with E-state index in [1.807, 2.05) is 36.4 Å². The van der Waals surface area contributed by atoms with Gasteiger partial charge >= 0.3 is 0 Å². The van der Waals surface area contributed by atoms with Crippen molar-refractivity contribution in [1.29, 1.82) is 0 Å². The zero-order chi connectivity index (χ0) is 27.4. The molecule has 38 heavy (non-hydrogen) atoms. The van der Waals surface area contributed by atoms with Crippen LogP contribution in [-0.4, -0.2) is 44.9 Å². The van der Waals surface area contributed by atoms with E-state index in [4.69, 9.17) is 9.47 Å². The van der Waals surface area contributed by atoms with Crippen LogP contribution in [0.5, 0.6) is 46.0 Å². The lowest BCUT2D eigenvalue weighted by Gasteiger charge is -2.17. The highest BCUT2D eigenvalue weighted by atomic mass is 16.5. The van der Waals surface area contributed by atoms with Gasteiger partial charge in [-0.3, -0.25) is 0 Å². The molecule has 0 aliphatic rings. The van der Waals surface area contributed by atoms with Crippen LogP contribution in [0.4, 0.5) is 0 Å². The fourth-order valence-corrected chi connectivity index (χ4v) is 4.50. The highest BCUT2D eigenvalue weighted by molar-refractivity contribution is 5.73. The third-order valence-electron chi connectivity index (χ3n) is 6.54. The number of hydrogen-bond acceptors (Lipinski definition) is 8. The van der Waals surface area contributed by atoms with Gasteiger partial charge in [0.2, 0.25) is 0 Å². The summed E-state index contributed by atoms with van der Waals surface area (Å²) in [6.45, 7) is 0. The Labute approximate surface area is 220 Å². The van der Waals surface area contributed by atoms with E-state index in [0.717, 1.165) is 22.3 Å². The average molecular weight is 519 g/mol. The van der Waals surface area contributed by atoms with E-state index in [0.29, 0.717) is 48.3 Å². The molecule has 8 heteroatoms. The third-order valence-corrected chi connectivity index (χ3v) is 6.54. The van der Waals surface area contributed by atoms with Crippen LogP contribution >= 0.6 is 0 Å². The summed E-state index contributed by atoms with van der Waals surface area (Å²) in [5, 5.41) is 58.9. The second kappa shape index (κ2) is 11.1. The van der Waals surface area contributed by atoms with Crippen LogP contribution < -0.4 is 9.47 Å². The molecule has 4 aromatic carbocycles. The normalized spacial score (nSPS) is 10.9. The number of methoxy groups -OCH3 is 2. The highest BCUT2D eigenvalue weighted by Gasteiger charge is 2.15. The molecule has 8 nitrogen and oxygen atoms in total. The van der Waals surface area contributed by atoms with Crippen LogP contribution in [0.1, 0.15) is 22.3 Å². The Morgan fingerprint density at radius 1 is 0.474 bits per heavy atom. The zero-order valence-corrected chi connectivity index (χ0v) is 21.1. The second-order valence-electron chi connectivity index (χ2n) is 9.01. The molecule has 0 aliphatic carbocycles. The van der Waals surface area contributed by atoms with Crippen molar-refractivity contribution in [2.75, 3.05) is 14.2 Å². The van der Waals surface area contributed by atoms with Gasteiger partial charge in [0.25, 0.3) is 0 Å². The average Bonchev–Trinajstić information content (AvgIpc) is 2.91. The van der Waals surface area contributed by atoms with Gasteiger partial charge in [0.05, 0.1) is 14.2 Å².